The molecule has 1 aromatic heterocycles. The third-order valence-corrected chi connectivity index (χ3v) is 8.03. The second-order valence-corrected chi connectivity index (χ2v) is 11.3. The van der Waals surface area contributed by atoms with Gasteiger partial charge in [-0.15, -0.1) is 0 Å². The molecular formula is C25H32ClN3O4S. The molecule has 1 saturated carbocycles. The normalized spacial score (nSPS) is 22.3. The molecule has 0 radical (unpaired) electrons. The third kappa shape index (κ3) is 6.23. The molecule has 2 unspecified atom stereocenters. The van der Waals surface area contributed by atoms with Gasteiger partial charge in [0.25, 0.3) is 0 Å². The highest BCUT2D eigenvalue weighted by Gasteiger charge is 2.37. The van der Waals surface area contributed by atoms with E-state index in [2.05, 4.69) is 15.3 Å². The summed E-state index contributed by atoms with van der Waals surface area (Å²) in [6.07, 6.45) is 6.61. The molecule has 1 fully saturated rings. The lowest BCUT2D eigenvalue weighted by Crippen LogP contribution is -2.38. The van der Waals surface area contributed by atoms with Crippen LogP contribution >= 0.6 is 11.6 Å². The molecule has 2 atom stereocenters. The number of carbonyl (C=O) groups is 1. The molecule has 34 heavy (non-hydrogen) atoms. The number of fused-ring (bicyclic) bond motifs is 1. The van der Waals surface area contributed by atoms with Crippen LogP contribution in [0.1, 0.15) is 43.9 Å². The number of aliphatic hydroxyl groups excluding tert-OH is 1. The number of anilines is 1. The Bertz CT molecular complexity index is 1140. The predicted molar refractivity (Wildman–Crippen MR) is 135 cm³/mol. The summed E-state index contributed by atoms with van der Waals surface area (Å²) >= 11 is 6.19. The van der Waals surface area contributed by atoms with Crippen molar-refractivity contribution in [2.24, 2.45) is 22.7 Å². The van der Waals surface area contributed by atoms with E-state index in [0.717, 1.165) is 43.3 Å². The zero-order chi connectivity index (χ0) is 24.9. The zero-order valence-electron chi connectivity index (χ0n) is 19.8. The number of Topliss-reactive ketones (excluding diaryl/α,β-unsaturated/α-hetero) is 1. The number of nitrogens with one attached hydrogen (secondary N) is 1. The number of nitrogens with zero attached hydrogens (tertiary/aromatic N) is 2. The first-order valence-corrected chi connectivity index (χ1v) is 13.7. The lowest BCUT2D eigenvalue weighted by Gasteiger charge is -2.31. The Balaban J connectivity index is 0.00000158. The van der Waals surface area contributed by atoms with E-state index in [4.69, 9.17) is 16.7 Å². The van der Waals surface area contributed by atoms with Crippen LogP contribution in [0.2, 0.25) is 5.15 Å². The fourth-order valence-corrected chi connectivity index (χ4v) is 5.63. The summed E-state index contributed by atoms with van der Waals surface area (Å²) in [4.78, 5) is 22.9. The maximum atomic E-state index is 13.4. The van der Waals surface area contributed by atoms with Crippen molar-refractivity contribution in [2.45, 2.75) is 50.5 Å². The van der Waals surface area contributed by atoms with Gasteiger partial charge in [0.2, 0.25) is 5.78 Å². The molecule has 2 aromatic rings. The van der Waals surface area contributed by atoms with Crippen molar-refractivity contribution in [3.05, 3.63) is 52.8 Å². The van der Waals surface area contributed by atoms with E-state index in [1.54, 1.807) is 30.3 Å². The van der Waals surface area contributed by atoms with E-state index in [-0.39, 0.29) is 29.1 Å². The van der Waals surface area contributed by atoms with Gasteiger partial charge in [-0.2, -0.15) is 0 Å². The summed E-state index contributed by atoms with van der Waals surface area (Å²) in [5.74, 6) is 0.862. The predicted octanol–water partition coefficient (Wildman–Crippen LogP) is 4.33. The van der Waals surface area contributed by atoms with Gasteiger partial charge in [-0.3, -0.25) is 9.79 Å². The molecule has 0 saturated heterocycles. The highest BCUT2D eigenvalue weighted by atomic mass is 35.5. The van der Waals surface area contributed by atoms with Gasteiger partial charge in [-0.05, 0) is 48.1 Å². The number of sulfone groups is 1. The van der Waals surface area contributed by atoms with Gasteiger partial charge in [-0.25, -0.2) is 13.4 Å². The van der Waals surface area contributed by atoms with Crippen LogP contribution < -0.4 is 5.32 Å². The van der Waals surface area contributed by atoms with Gasteiger partial charge in [0, 0.05) is 19.3 Å². The Morgan fingerprint density at radius 3 is 2.38 bits per heavy atom. The SMILES string of the molecule is CC1C(=O)C(=NCc2ccc(S(C)(=O)=O)cc2)Nc2ccc(Cl)nc2CC1C1CCCC1.CO. The van der Waals surface area contributed by atoms with Crippen LogP contribution in [0.25, 0.3) is 0 Å². The van der Waals surface area contributed by atoms with Crippen molar-refractivity contribution in [3.63, 3.8) is 0 Å². The van der Waals surface area contributed by atoms with Crippen LogP contribution in [-0.4, -0.2) is 43.5 Å². The van der Waals surface area contributed by atoms with E-state index in [1.165, 1.54) is 19.1 Å². The second kappa shape index (κ2) is 11.4. The maximum absolute atomic E-state index is 13.4. The summed E-state index contributed by atoms with van der Waals surface area (Å²) in [6.45, 7) is 2.27. The van der Waals surface area contributed by atoms with E-state index in [1.807, 2.05) is 13.0 Å². The molecule has 9 heteroatoms. The average Bonchev–Trinajstić information content (AvgIpc) is 3.35. The standard InChI is InChI=1S/C24H28ClN3O3S.CH4O/c1-15-19(17-5-3-4-6-17)13-21-20(11-12-22(25)27-21)28-24(23(15)29)26-14-16-7-9-18(10-8-16)32(2,30)31;1-2/h7-12,15,17,19H,3-6,13-14H2,1-2H3,(H,26,28);2H,1H3. The van der Waals surface area contributed by atoms with Crippen molar-refractivity contribution in [3.8, 4) is 0 Å². The molecule has 2 heterocycles. The van der Waals surface area contributed by atoms with Gasteiger partial charge in [-0.1, -0.05) is 56.3 Å². The lowest BCUT2D eigenvalue weighted by molar-refractivity contribution is -0.118. The maximum Gasteiger partial charge on any atom is 0.200 e. The van der Waals surface area contributed by atoms with Gasteiger partial charge in [0.1, 0.15) is 5.15 Å². The minimum atomic E-state index is -3.25. The molecule has 0 spiro atoms. The Morgan fingerprint density at radius 1 is 1.12 bits per heavy atom. The first kappa shape index (κ1) is 26.3. The number of amidine groups is 1. The fraction of sp³-hybridized carbons (Fsp3) is 0.480. The Kier molecular flexibility index (Phi) is 8.84. The first-order chi connectivity index (χ1) is 16.2. The van der Waals surface area contributed by atoms with E-state index >= 15 is 0 Å². The number of rotatable bonds is 4. The van der Waals surface area contributed by atoms with E-state index < -0.39 is 9.84 Å². The Labute approximate surface area is 206 Å². The average molecular weight is 506 g/mol. The number of aliphatic hydroxyl groups is 1. The number of aromatic nitrogens is 1. The van der Waals surface area contributed by atoms with Crippen molar-refractivity contribution < 1.29 is 18.3 Å². The van der Waals surface area contributed by atoms with Crippen LogP contribution in [0.4, 0.5) is 5.69 Å². The molecule has 1 aliphatic heterocycles. The molecule has 4 rings (SSSR count). The minimum absolute atomic E-state index is 0.00950. The minimum Gasteiger partial charge on any atom is -0.400 e. The largest absolute Gasteiger partial charge is 0.400 e. The van der Waals surface area contributed by atoms with E-state index in [9.17, 15) is 13.2 Å². The van der Waals surface area contributed by atoms with Crippen LogP contribution in [0.3, 0.4) is 0 Å². The smallest absolute Gasteiger partial charge is 0.200 e. The third-order valence-electron chi connectivity index (χ3n) is 6.69. The summed E-state index contributed by atoms with van der Waals surface area (Å²) < 4.78 is 23.4. The zero-order valence-corrected chi connectivity index (χ0v) is 21.4. The van der Waals surface area contributed by atoms with Gasteiger partial charge in [0.05, 0.1) is 22.8 Å². The molecule has 7 nitrogen and oxygen atoms in total. The van der Waals surface area contributed by atoms with Crippen LogP contribution in [0.5, 0.6) is 0 Å². The summed E-state index contributed by atoms with van der Waals surface area (Å²) in [7, 11) is -2.25. The van der Waals surface area contributed by atoms with Crippen molar-refractivity contribution in [1.82, 2.24) is 4.98 Å². The van der Waals surface area contributed by atoms with Crippen molar-refractivity contribution in [2.75, 3.05) is 18.7 Å². The number of hydrogen-bond acceptors (Lipinski definition) is 6. The number of carbonyl (C=O) groups excluding carboxylic acids is 1. The van der Waals surface area contributed by atoms with Gasteiger partial charge in [0.15, 0.2) is 15.7 Å². The number of benzene rings is 1. The molecule has 2 N–H and O–H groups in total. The van der Waals surface area contributed by atoms with Gasteiger partial charge >= 0.3 is 0 Å². The molecule has 1 aliphatic carbocycles. The second-order valence-electron chi connectivity index (χ2n) is 8.90. The molecule has 0 bridgehead atoms. The van der Waals surface area contributed by atoms with Crippen LogP contribution in [0, 0.1) is 17.8 Å². The summed E-state index contributed by atoms with van der Waals surface area (Å²) in [6, 6.07) is 10.2. The van der Waals surface area contributed by atoms with Crippen LogP contribution in [-0.2, 0) is 27.6 Å². The quantitative estimate of drug-likeness (QED) is 0.599. The number of halogens is 1. The fourth-order valence-electron chi connectivity index (χ4n) is 4.83. The van der Waals surface area contributed by atoms with Crippen LogP contribution in [0.15, 0.2) is 46.3 Å². The Morgan fingerprint density at radius 2 is 1.76 bits per heavy atom. The van der Waals surface area contributed by atoms with Crippen molar-refractivity contribution >= 4 is 38.7 Å². The number of aliphatic imine (C=N–C) groups is 1. The lowest BCUT2D eigenvalue weighted by atomic mass is 9.75. The first-order valence-electron chi connectivity index (χ1n) is 11.5. The summed E-state index contributed by atoms with van der Waals surface area (Å²) in [5, 5.41) is 10.7. The Hall–Kier alpha value is -2.29. The highest BCUT2D eigenvalue weighted by molar-refractivity contribution is 7.90. The van der Waals surface area contributed by atoms with Gasteiger partial charge < -0.3 is 10.4 Å². The van der Waals surface area contributed by atoms with E-state index in [0.29, 0.717) is 16.9 Å². The molecule has 0 amide bonds. The highest BCUT2D eigenvalue weighted by Crippen LogP contribution is 2.39. The number of ketones is 1. The molecule has 1 aromatic carbocycles. The number of pyridine rings is 1. The number of hydrogen-bond donors (Lipinski definition) is 2. The van der Waals surface area contributed by atoms with Crippen molar-refractivity contribution in [1.29, 1.82) is 0 Å². The molecule has 2 aliphatic rings. The summed E-state index contributed by atoms with van der Waals surface area (Å²) in [5.41, 5.74) is 2.47. The topological polar surface area (TPSA) is 109 Å². The molecule has 184 valence electrons. The molecular weight excluding hydrogens is 474 g/mol. The monoisotopic (exact) mass is 505 g/mol.